The molecule has 1 fully saturated rings. The molecule has 2 rings (SSSR count). The molecule has 0 radical (unpaired) electrons. The molecule has 2 heteroatoms. The highest BCUT2D eigenvalue weighted by Crippen LogP contribution is 2.14. The predicted octanol–water partition coefficient (Wildman–Crippen LogP) is 3.60. The molecule has 0 spiro atoms. The molecule has 20 heavy (non-hydrogen) atoms. The molecule has 1 heterocycles. The van der Waals surface area contributed by atoms with Gasteiger partial charge in [0.2, 0.25) is 0 Å². The van der Waals surface area contributed by atoms with E-state index in [0.717, 1.165) is 12.5 Å². The summed E-state index contributed by atoms with van der Waals surface area (Å²) in [5, 5.41) is 3.74. The van der Waals surface area contributed by atoms with Crippen LogP contribution in [0.4, 0.5) is 0 Å². The maximum atomic E-state index is 3.74. The largest absolute Gasteiger partial charge is 0.313 e. The van der Waals surface area contributed by atoms with Crippen LogP contribution in [-0.2, 0) is 6.54 Å². The van der Waals surface area contributed by atoms with Crippen LogP contribution in [0.1, 0.15) is 44.2 Å². The van der Waals surface area contributed by atoms with E-state index in [-0.39, 0.29) is 0 Å². The number of hydrogen-bond donors (Lipinski definition) is 1. The molecule has 1 aliphatic heterocycles. The second-order valence-electron chi connectivity index (χ2n) is 6.70. The van der Waals surface area contributed by atoms with Crippen molar-refractivity contribution in [3.05, 3.63) is 35.4 Å². The van der Waals surface area contributed by atoms with Crippen LogP contribution in [0.3, 0.4) is 0 Å². The Balaban J connectivity index is 1.76. The van der Waals surface area contributed by atoms with E-state index in [2.05, 4.69) is 55.3 Å². The van der Waals surface area contributed by atoms with E-state index in [1.165, 1.54) is 50.0 Å². The van der Waals surface area contributed by atoms with Gasteiger partial charge in [-0.05, 0) is 50.8 Å². The second-order valence-corrected chi connectivity index (χ2v) is 6.70. The van der Waals surface area contributed by atoms with Crippen LogP contribution < -0.4 is 5.32 Å². The third-order valence-corrected chi connectivity index (χ3v) is 4.19. The van der Waals surface area contributed by atoms with Gasteiger partial charge in [-0.1, -0.05) is 43.7 Å². The van der Waals surface area contributed by atoms with Crippen LogP contribution in [0.2, 0.25) is 0 Å². The van der Waals surface area contributed by atoms with Crippen LogP contribution in [-0.4, -0.2) is 30.6 Å². The number of piperidine rings is 1. The number of nitrogens with zero attached hydrogens (tertiary/aromatic N) is 1. The van der Waals surface area contributed by atoms with Gasteiger partial charge in [0.15, 0.2) is 0 Å². The highest BCUT2D eigenvalue weighted by molar-refractivity contribution is 5.21. The standard InChI is InChI=1S/C18H30N2/c1-15(2)10-11-19-18-5-4-12-20(14-18)13-17-8-6-16(3)7-9-17/h6-9,15,18-19H,4-5,10-14H2,1-3H3. The van der Waals surface area contributed by atoms with Gasteiger partial charge in [0.25, 0.3) is 0 Å². The topological polar surface area (TPSA) is 15.3 Å². The maximum Gasteiger partial charge on any atom is 0.0234 e. The predicted molar refractivity (Wildman–Crippen MR) is 86.9 cm³/mol. The summed E-state index contributed by atoms with van der Waals surface area (Å²) < 4.78 is 0. The van der Waals surface area contributed by atoms with E-state index in [9.17, 15) is 0 Å². The minimum atomic E-state index is 0.688. The van der Waals surface area contributed by atoms with Gasteiger partial charge in [-0.25, -0.2) is 0 Å². The average Bonchev–Trinajstić information content (AvgIpc) is 2.41. The first-order valence-corrected chi connectivity index (χ1v) is 8.15. The number of aryl methyl sites for hydroxylation is 1. The average molecular weight is 274 g/mol. The summed E-state index contributed by atoms with van der Waals surface area (Å²) in [5.74, 6) is 0.801. The van der Waals surface area contributed by atoms with Crippen molar-refractivity contribution < 1.29 is 0 Å². The highest BCUT2D eigenvalue weighted by Gasteiger charge is 2.19. The monoisotopic (exact) mass is 274 g/mol. The van der Waals surface area contributed by atoms with Gasteiger partial charge in [0.05, 0.1) is 0 Å². The van der Waals surface area contributed by atoms with Crippen LogP contribution in [0.15, 0.2) is 24.3 Å². The van der Waals surface area contributed by atoms with Crippen molar-refractivity contribution in [1.29, 1.82) is 0 Å². The Labute approximate surface area is 124 Å². The van der Waals surface area contributed by atoms with E-state index in [1.54, 1.807) is 0 Å². The van der Waals surface area contributed by atoms with Crippen molar-refractivity contribution in [2.24, 2.45) is 5.92 Å². The molecule has 0 amide bonds. The normalized spacial score (nSPS) is 20.5. The van der Waals surface area contributed by atoms with E-state index >= 15 is 0 Å². The Hall–Kier alpha value is -0.860. The van der Waals surface area contributed by atoms with Crippen molar-refractivity contribution in [2.75, 3.05) is 19.6 Å². The third kappa shape index (κ3) is 5.26. The Morgan fingerprint density at radius 1 is 1.25 bits per heavy atom. The lowest BCUT2D eigenvalue weighted by molar-refractivity contribution is 0.182. The van der Waals surface area contributed by atoms with Crippen molar-refractivity contribution in [1.82, 2.24) is 10.2 Å². The Kier molecular flexibility index (Phi) is 6.06. The van der Waals surface area contributed by atoms with Gasteiger partial charge in [0.1, 0.15) is 0 Å². The van der Waals surface area contributed by atoms with E-state index in [0.29, 0.717) is 6.04 Å². The summed E-state index contributed by atoms with van der Waals surface area (Å²) in [6.07, 6.45) is 3.95. The Bertz CT molecular complexity index is 383. The fourth-order valence-electron chi connectivity index (χ4n) is 2.89. The first kappa shape index (κ1) is 15.5. The van der Waals surface area contributed by atoms with Gasteiger partial charge < -0.3 is 5.32 Å². The second kappa shape index (κ2) is 7.80. The molecule has 0 saturated carbocycles. The number of hydrogen-bond acceptors (Lipinski definition) is 2. The lowest BCUT2D eigenvalue weighted by Gasteiger charge is -2.33. The zero-order valence-electron chi connectivity index (χ0n) is 13.4. The molecule has 0 bridgehead atoms. The number of likely N-dealkylation sites (tertiary alicyclic amines) is 1. The maximum absolute atomic E-state index is 3.74. The van der Waals surface area contributed by atoms with Gasteiger partial charge >= 0.3 is 0 Å². The molecular weight excluding hydrogens is 244 g/mol. The molecule has 0 aliphatic carbocycles. The summed E-state index contributed by atoms with van der Waals surface area (Å²) in [6.45, 7) is 11.5. The van der Waals surface area contributed by atoms with Crippen LogP contribution in [0.25, 0.3) is 0 Å². The molecule has 1 N–H and O–H groups in total. The van der Waals surface area contributed by atoms with Crippen LogP contribution in [0.5, 0.6) is 0 Å². The van der Waals surface area contributed by atoms with Crippen molar-refractivity contribution in [3.63, 3.8) is 0 Å². The molecule has 0 aromatic heterocycles. The lowest BCUT2D eigenvalue weighted by atomic mass is 10.0. The molecule has 2 nitrogen and oxygen atoms in total. The van der Waals surface area contributed by atoms with Crippen LogP contribution in [0, 0.1) is 12.8 Å². The fourth-order valence-corrected chi connectivity index (χ4v) is 2.89. The quantitative estimate of drug-likeness (QED) is 0.853. The van der Waals surface area contributed by atoms with E-state index in [4.69, 9.17) is 0 Å². The number of rotatable bonds is 6. The van der Waals surface area contributed by atoms with Gasteiger partial charge in [-0.2, -0.15) is 0 Å². The molecule has 1 saturated heterocycles. The van der Waals surface area contributed by atoms with Gasteiger partial charge in [-0.3, -0.25) is 4.90 Å². The van der Waals surface area contributed by atoms with Crippen LogP contribution >= 0.6 is 0 Å². The minimum Gasteiger partial charge on any atom is -0.313 e. The van der Waals surface area contributed by atoms with E-state index < -0.39 is 0 Å². The first-order valence-electron chi connectivity index (χ1n) is 8.15. The summed E-state index contributed by atoms with van der Waals surface area (Å²) in [5.41, 5.74) is 2.79. The zero-order chi connectivity index (χ0) is 14.4. The fraction of sp³-hybridized carbons (Fsp3) is 0.667. The molecular formula is C18H30N2. The van der Waals surface area contributed by atoms with Crippen molar-refractivity contribution in [2.45, 2.75) is 52.6 Å². The summed E-state index contributed by atoms with van der Waals surface area (Å²) in [7, 11) is 0. The molecule has 1 aliphatic rings. The van der Waals surface area contributed by atoms with Crippen molar-refractivity contribution >= 4 is 0 Å². The lowest BCUT2D eigenvalue weighted by Crippen LogP contribution is -2.45. The third-order valence-electron chi connectivity index (χ3n) is 4.19. The van der Waals surface area contributed by atoms with Gasteiger partial charge in [0, 0.05) is 19.1 Å². The summed E-state index contributed by atoms with van der Waals surface area (Å²) in [6, 6.07) is 9.67. The smallest absolute Gasteiger partial charge is 0.0234 e. The zero-order valence-corrected chi connectivity index (χ0v) is 13.4. The molecule has 112 valence electrons. The molecule has 1 aromatic rings. The highest BCUT2D eigenvalue weighted by atomic mass is 15.2. The SMILES string of the molecule is Cc1ccc(CN2CCCC(NCCC(C)C)C2)cc1. The number of nitrogens with one attached hydrogen (secondary N) is 1. The Morgan fingerprint density at radius 3 is 2.70 bits per heavy atom. The summed E-state index contributed by atoms with van der Waals surface area (Å²) >= 11 is 0. The van der Waals surface area contributed by atoms with Crippen molar-refractivity contribution in [3.8, 4) is 0 Å². The van der Waals surface area contributed by atoms with Gasteiger partial charge in [-0.15, -0.1) is 0 Å². The van der Waals surface area contributed by atoms with E-state index in [1.807, 2.05) is 0 Å². The molecule has 1 atom stereocenters. The Morgan fingerprint density at radius 2 is 2.00 bits per heavy atom. The summed E-state index contributed by atoms with van der Waals surface area (Å²) in [4.78, 5) is 2.60. The number of benzene rings is 1. The molecule has 1 aromatic carbocycles. The molecule has 1 unspecified atom stereocenters. The first-order chi connectivity index (χ1) is 9.63. The minimum absolute atomic E-state index is 0.688.